The molecule has 1 atom stereocenters. The molecular formula is C17H20F3N3S. The molecule has 7 heteroatoms. The molecule has 0 radical (unpaired) electrons. The number of aromatic nitrogens is 1. The maximum Gasteiger partial charge on any atom is 0.416 e. The SMILES string of the molecule is Cc1cc(-c2nc(N)sc2CN2CCC[C@H]2C)cc(C(F)(F)F)c1. The molecule has 0 spiro atoms. The Labute approximate surface area is 143 Å². The minimum absolute atomic E-state index is 0.391. The number of aryl methyl sites for hydroxylation is 1. The first-order chi connectivity index (χ1) is 11.2. The van der Waals surface area contributed by atoms with Crippen LogP contribution in [0.1, 0.15) is 35.8 Å². The van der Waals surface area contributed by atoms with Crippen molar-refractivity contribution in [3.63, 3.8) is 0 Å². The van der Waals surface area contributed by atoms with Crippen molar-refractivity contribution in [3.8, 4) is 11.3 Å². The van der Waals surface area contributed by atoms with E-state index in [1.807, 2.05) is 0 Å². The number of nitrogen functional groups attached to an aromatic ring is 1. The van der Waals surface area contributed by atoms with Crippen molar-refractivity contribution in [1.29, 1.82) is 0 Å². The molecule has 24 heavy (non-hydrogen) atoms. The second-order valence-corrected chi connectivity index (χ2v) is 7.49. The van der Waals surface area contributed by atoms with E-state index >= 15 is 0 Å². The van der Waals surface area contributed by atoms with E-state index in [9.17, 15) is 13.2 Å². The van der Waals surface area contributed by atoms with Crippen LogP contribution in [0.5, 0.6) is 0 Å². The first kappa shape index (κ1) is 17.2. The number of alkyl halides is 3. The molecule has 3 nitrogen and oxygen atoms in total. The quantitative estimate of drug-likeness (QED) is 0.867. The van der Waals surface area contributed by atoms with Crippen LogP contribution >= 0.6 is 11.3 Å². The van der Waals surface area contributed by atoms with Crippen LogP contribution in [0.15, 0.2) is 18.2 Å². The fourth-order valence-electron chi connectivity index (χ4n) is 3.20. The van der Waals surface area contributed by atoms with Gasteiger partial charge in [-0.15, -0.1) is 11.3 Å². The van der Waals surface area contributed by atoms with Crippen LogP contribution in [0, 0.1) is 6.92 Å². The first-order valence-electron chi connectivity index (χ1n) is 7.92. The number of halogens is 3. The van der Waals surface area contributed by atoms with Gasteiger partial charge in [0.2, 0.25) is 0 Å². The van der Waals surface area contributed by atoms with Gasteiger partial charge in [-0.05, 0) is 57.0 Å². The van der Waals surface area contributed by atoms with Gasteiger partial charge in [-0.2, -0.15) is 13.2 Å². The highest BCUT2D eigenvalue weighted by atomic mass is 32.1. The molecule has 2 heterocycles. The van der Waals surface area contributed by atoms with Crippen LogP contribution in [0.2, 0.25) is 0 Å². The molecule has 0 aliphatic carbocycles. The fraction of sp³-hybridized carbons (Fsp3) is 0.471. The van der Waals surface area contributed by atoms with Crippen molar-refractivity contribution in [2.75, 3.05) is 12.3 Å². The summed E-state index contributed by atoms with van der Waals surface area (Å²) in [6, 6.07) is 4.53. The van der Waals surface area contributed by atoms with Crippen molar-refractivity contribution in [2.45, 2.75) is 45.5 Å². The van der Waals surface area contributed by atoms with Gasteiger partial charge >= 0.3 is 6.18 Å². The van der Waals surface area contributed by atoms with Gasteiger partial charge in [0.15, 0.2) is 5.13 Å². The molecule has 0 amide bonds. The standard InChI is InChI=1S/C17H20F3N3S/c1-10-6-12(8-13(7-10)17(18,19)20)15-14(24-16(21)22-15)9-23-5-3-4-11(23)2/h6-8,11H,3-5,9H2,1-2H3,(H2,21,22)/t11-/m1/s1. The summed E-state index contributed by atoms with van der Waals surface area (Å²) >= 11 is 1.36. The van der Waals surface area contributed by atoms with Crippen LogP contribution < -0.4 is 5.73 Å². The molecule has 1 fully saturated rings. The average molecular weight is 355 g/mol. The lowest BCUT2D eigenvalue weighted by Crippen LogP contribution is -2.25. The van der Waals surface area contributed by atoms with E-state index in [1.54, 1.807) is 13.0 Å². The Bertz CT molecular complexity index is 739. The number of benzene rings is 1. The van der Waals surface area contributed by atoms with Crippen LogP contribution in [0.25, 0.3) is 11.3 Å². The number of anilines is 1. The zero-order valence-electron chi connectivity index (χ0n) is 13.7. The van der Waals surface area contributed by atoms with Crippen molar-refractivity contribution in [3.05, 3.63) is 34.2 Å². The molecule has 1 aromatic carbocycles. The van der Waals surface area contributed by atoms with E-state index in [0.29, 0.717) is 34.5 Å². The van der Waals surface area contributed by atoms with Crippen LogP contribution in [-0.2, 0) is 12.7 Å². The van der Waals surface area contributed by atoms with E-state index in [-0.39, 0.29) is 0 Å². The van der Waals surface area contributed by atoms with Gasteiger partial charge < -0.3 is 5.73 Å². The minimum atomic E-state index is -4.37. The number of hydrogen-bond acceptors (Lipinski definition) is 4. The van der Waals surface area contributed by atoms with Gasteiger partial charge in [0, 0.05) is 23.0 Å². The summed E-state index contributed by atoms with van der Waals surface area (Å²) in [6.07, 6.45) is -2.08. The Hall–Kier alpha value is -1.60. The summed E-state index contributed by atoms with van der Waals surface area (Å²) < 4.78 is 39.3. The van der Waals surface area contributed by atoms with E-state index in [0.717, 1.165) is 30.3 Å². The number of thiazole rings is 1. The maximum absolute atomic E-state index is 13.1. The van der Waals surface area contributed by atoms with Gasteiger partial charge in [-0.3, -0.25) is 4.90 Å². The Balaban J connectivity index is 1.99. The molecular weight excluding hydrogens is 335 g/mol. The predicted molar refractivity (Wildman–Crippen MR) is 90.8 cm³/mol. The molecule has 1 aliphatic rings. The molecule has 2 aromatic rings. The lowest BCUT2D eigenvalue weighted by Gasteiger charge is -2.20. The molecule has 0 unspecified atom stereocenters. The van der Waals surface area contributed by atoms with E-state index in [2.05, 4.69) is 16.8 Å². The summed E-state index contributed by atoms with van der Waals surface area (Å²) in [4.78, 5) is 7.58. The third-order valence-corrected chi connectivity index (χ3v) is 5.30. The Kier molecular flexibility index (Phi) is 4.57. The number of nitrogens with zero attached hydrogens (tertiary/aromatic N) is 2. The zero-order chi connectivity index (χ0) is 17.5. The second kappa shape index (κ2) is 6.37. The summed E-state index contributed by atoms with van der Waals surface area (Å²) in [5.74, 6) is 0. The molecule has 3 rings (SSSR count). The molecule has 130 valence electrons. The highest BCUT2D eigenvalue weighted by Crippen LogP contribution is 2.37. The van der Waals surface area contributed by atoms with E-state index < -0.39 is 11.7 Å². The largest absolute Gasteiger partial charge is 0.416 e. The van der Waals surface area contributed by atoms with Gasteiger partial charge in [-0.25, -0.2) is 4.98 Å². The summed E-state index contributed by atoms with van der Waals surface area (Å²) in [7, 11) is 0. The monoisotopic (exact) mass is 355 g/mol. The molecule has 0 saturated carbocycles. The Morgan fingerprint density at radius 1 is 1.33 bits per heavy atom. The lowest BCUT2D eigenvalue weighted by atomic mass is 10.0. The smallest absolute Gasteiger partial charge is 0.375 e. The molecule has 2 N–H and O–H groups in total. The number of hydrogen-bond donors (Lipinski definition) is 1. The van der Waals surface area contributed by atoms with Gasteiger partial charge in [0.05, 0.1) is 11.3 Å². The highest BCUT2D eigenvalue weighted by Gasteiger charge is 2.31. The normalized spacial score (nSPS) is 19.1. The van der Waals surface area contributed by atoms with Gasteiger partial charge in [0.25, 0.3) is 0 Å². The third kappa shape index (κ3) is 3.57. The summed E-state index contributed by atoms with van der Waals surface area (Å²) in [6.45, 7) is 5.52. The van der Waals surface area contributed by atoms with Gasteiger partial charge in [0.1, 0.15) is 0 Å². The van der Waals surface area contributed by atoms with E-state index in [4.69, 9.17) is 5.73 Å². The Morgan fingerprint density at radius 3 is 2.71 bits per heavy atom. The minimum Gasteiger partial charge on any atom is -0.375 e. The van der Waals surface area contributed by atoms with Crippen LogP contribution in [0.3, 0.4) is 0 Å². The molecule has 0 bridgehead atoms. The average Bonchev–Trinajstić information content (AvgIpc) is 3.04. The van der Waals surface area contributed by atoms with Crippen molar-refractivity contribution in [1.82, 2.24) is 9.88 Å². The van der Waals surface area contributed by atoms with Crippen molar-refractivity contribution < 1.29 is 13.2 Å². The molecule has 1 aliphatic heterocycles. The maximum atomic E-state index is 13.1. The Morgan fingerprint density at radius 2 is 2.08 bits per heavy atom. The number of nitrogens with two attached hydrogens (primary N) is 1. The van der Waals surface area contributed by atoms with E-state index in [1.165, 1.54) is 17.4 Å². The first-order valence-corrected chi connectivity index (χ1v) is 8.74. The lowest BCUT2D eigenvalue weighted by molar-refractivity contribution is -0.137. The van der Waals surface area contributed by atoms with Crippen molar-refractivity contribution in [2.24, 2.45) is 0 Å². The second-order valence-electron chi connectivity index (χ2n) is 6.37. The number of rotatable bonds is 3. The molecule has 1 aromatic heterocycles. The van der Waals surface area contributed by atoms with Crippen LogP contribution in [-0.4, -0.2) is 22.5 Å². The van der Waals surface area contributed by atoms with Crippen LogP contribution in [0.4, 0.5) is 18.3 Å². The molecule has 1 saturated heterocycles. The third-order valence-electron chi connectivity index (χ3n) is 4.43. The predicted octanol–water partition coefficient (Wildman–Crippen LogP) is 4.70. The summed E-state index contributed by atoms with van der Waals surface area (Å²) in [5, 5.41) is 0.391. The zero-order valence-corrected chi connectivity index (χ0v) is 14.5. The van der Waals surface area contributed by atoms with Gasteiger partial charge in [-0.1, -0.05) is 0 Å². The highest BCUT2D eigenvalue weighted by molar-refractivity contribution is 7.15. The topological polar surface area (TPSA) is 42.1 Å². The fourth-order valence-corrected chi connectivity index (χ4v) is 4.08. The summed E-state index contributed by atoms with van der Waals surface area (Å²) in [5.41, 5.74) is 6.83. The van der Waals surface area contributed by atoms with Crippen molar-refractivity contribution >= 4 is 16.5 Å². The number of likely N-dealkylation sites (tertiary alicyclic amines) is 1.